The minimum Gasteiger partial charge on any atom is -0.392 e. The van der Waals surface area contributed by atoms with Crippen molar-refractivity contribution in [1.82, 2.24) is 0 Å². The van der Waals surface area contributed by atoms with Crippen molar-refractivity contribution in [2.45, 2.75) is 32.4 Å². The molecule has 0 radical (unpaired) electrons. The van der Waals surface area contributed by atoms with Crippen molar-refractivity contribution in [1.29, 1.82) is 0 Å². The van der Waals surface area contributed by atoms with Gasteiger partial charge in [0.1, 0.15) is 9.75 Å². The molecule has 9 atom stereocenters. The highest BCUT2D eigenvalue weighted by Crippen LogP contribution is 2.84. The Hall–Kier alpha value is 1.40. The van der Waals surface area contributed by atoms with Crippen molar-refractivity contribution in [3.63, 3.8) is 0 Å². The van der Waals surface area contributed by atoms with Gasteiger partial charge in [-0.2, -0.15) is 0 Å². The largest absolute Gasteiger partial charge is 0.392 e. The number of rotatable bonds is 0. The maximum Gasteiger partial charge on any atom is 0.166 e. The molecule has 3 saturated carbocycles. The number of hydrogen-bond acceptors (Lipinski definition) is 2. The van der Waals surface area contributed by atoms with Crippen LogP contribution in [0.4, 0.5) is 0 Å². The number of hydrogen-bond donors (Lipinski definition) is 1. The minimum absolute atomic E-state index is 0.0128. The smallest absolute Gasteiger partial charge is 0.166 e. The van der Waals surface area contributed by atoms with Crippen molar-refractivity contribution in [3.05, 3.63) is 10.1 Å². The molecule has 1 heterocycles. The van der Waals surface area contributed by atoms with Crippen LogP contribution in [0.1, 0.15) is 0 Å². The number of allylic oxidation sites excluding steroid dienone is 2. The molecular weight excluding hydrogens is 389 g/mol. The molecule has 5 aliphatic rings. The van der Waals surface area contributed by atoms with Gasteiger partial charge >= 0.3 is 0 Å². The van der Waals surface area contributed by atoms with E-state index >= 15 is 0 Å². The number of aliphatic hydroxyl groups excluding tert-OH is 1. The summed E-state index contributed by atoms with van der Waals surface area (Å²) >= 11 is 39.3. The fourth-order valence-electron chi connectivity index (χ4n) is 5.31. The lowest BCUT2D eigenvalue weighted by Crippen LogP contribution is -2.48. The van der Waals surface area contributed by atoms with E-state index in [1.54, 1.807) is 0 Å². The van der Waals surface area contributed by atoms with E-state index in [1.165, 1.54) is 0 Å². The molecule has 1 aliphatic heterocycles. The average Bonchev–Trinajstić information content (AvgIpc) is 3.01. The zero-order valence-corrected chi connectivity index (χ0v) is 14.2. The van der Waals surface area contributed by atoms with E-state index in [2.05, 4.69) is 0 Å². The van der Waals surface area contributed by atoms with Crippen LogP contribution in [0.15, 0.2) is 10.1 Å². The maximum atomic E-state index is 10.5. The lowest BCUT2D eigenvalue weighted by molar-refractivity contribution is 0.0503. The highest BCUT2D eigenvalue weighted by Gasteiger charge is 2.91. The second-order valence-electron chi connectivity index (χ2n) is 6.39. The van der Waals surface area contributed by atoms with Gasteiger partial charge in [0.25, 0.3) is 0 Å². The summed E-state index contributed by atoms with van der Waals surface area (Å²) in [6.45, 7) is 0. The zero-order valence-electron chi connectivity index (χ0n) is 9.66. The third-order valence-corrected chi connectivity index (χ3v) is 10.3. The Morgan fingerprint density at radius 1 is 0.850 bits per heavy atom. The molecule has 0 amide bonds. The summed E-state index contributed by atoms with van der Waals surface area (Å²) < 4.78 is 4.13. The summed E-state index contributed by atoms with van der Waals surface area (Å²) in [5, 5.41) is 10.9. The van der Waals surface area contributed by atoms with Crippen molar-refractivity contribution in [2.24, 2.45) is 23.7 Å². The third-order valence-electron chi connectivity index (χ3n) is 5.99. The SMILES string of the molecule is OC1[C@@H]2[C@@H]3O[C@@H]3[C@H]1[C@H]1[C@@H]2[C@@]2(Cl)C(Cl)=C(Cl)[C@]1(Cl)C2(Cl)Cl. The van der Waals surface area contributed by atoms with Crippen LogP contribution in [0.3, 0.4) is 0 Å². The number of epoxide rings is 1. The Balaban J connectivity index is 1.80. The minimum atomic E-state index is -1.50. The van der Waals surface area contributed by atoms with Gasteiger partial charge in [0.2, 0.25) is 0 Å². The van der Waals surface area contributed by atoms with Gasteiger partial charge in [-0.1, -0.05) is 46.4 Å². The Labute approximate surface area is 145 Å². The molecule has 0 aromatic carbocycles. The molecule has 2 nitrogen and oxygen atoms in total. The van der Waals surface area contributed by atoms with E-state index in [0.717, 1.165) is 0 Å². The summed E-state index contributed by atoms with van der Waals surface area (Å²) in [6, 6.07) is 0. The fourth-order valence-corrected chi connectivity index (χ4v) is 8.41. The first-order valence-electron chi connectivity index (χ1n) is 6.36. The lowest BCUT2D eigenvalue weighted by atomic mass is 9.73. The highest BCUT2D eigenvalue weighted by molar-refractivity contribution is 6.65. The molecule has 4 bridgehead atoms. The molecule has 4 fully saturated rings. The van der Waals surface area contributed by atoms with Crippen LogP contribution < -0.4 is 0 Å². The van der Waals surface area contributed by atoms with E-state index in [1.807, 2.05) is 0 Å². The van der Waals surface area contributed by atoms with Gasteiger partial charge in [-0.25, -0.2) is 0 Å². The van der Waals surface area contributed by atoms with Gasteiger partial charge in [0.15, 0.2) is 4.33 Å². The van der Waals surface area contributed by atoms with E-state index in [0.29, 0.717) is 0 Å². The Morgan fingerprint density at radius 2 is 1.25 bits per heavy atom. The van der Waals surface area contributed by atoms with Gasteiger partial charge in [0.05, 0.1) is 28.4 Å². The van der Waals surface area contributed by atoms with Crippen molar-refractivity contribution in [3.8, 4) is 0 Å². The standard InChI is InChI=1S/C12H8Cl6O2/c13-8-9(14)11(16)4-2-5(19)1(6-7(2)20-6)3(4)10(8,15)12(11,17)18/h1-7,19H/t1-,2+,3-,4+,5?,6+,7-,10-,11+. The molecular formula is C12H8Cl6O2. The predicted octanol–water partition coefficient (Wildman–Crippen LogP) is 3.45. The normalized spacial score (nSPS) is 67.7. The van der Waals surface area contributed by atoms with Crippen molar-refractivity contribution in [2.75, 3.05) is 0 Å². The quantitative estimate of drug-likeness (QED) is 0.386. The van der Waals surface area contributed by atoms with E-state index in [4.69, 9.17) is 74.3 Å². The van der Waals surface area contributed by atoms with E-state index in [9.17, 15) is 5.11 Å². The lowest BCUT2D eigenvalue weighted by Gasteiger charge is -2.37. The Kier molecular flexibility index (Phi) is 2.36. The molecule has 4 aliphatic carbocycles. The summed E-state index contributed by atoms with van der Waals surface area (Å²) in [5.41, 5.74) is 0. The molecule has 0 spiro atoms. The number of fused-ring (bicyclic) bond motifs is 12. The fraction of sp³-hybridized carbons (Fsp3) is 0.833. The van der Waals surface area contributed by atoms with Crippen molar-refractivity contribution < 1.29 is 9.84 Å². The monoisotopic (exact) mass is 394 g/mol. The predicted molar refractivity (Wildman–Crippen MR) is 79.0 cm³/mol. The third kappa shape index (κ3) is 0.991. The van der Waals surface area contributed by atoms with Crippen LogP contribution in [-0.2, 0) is 4.74 Å². The molecule has 1 unspecified atom stereocenters. The second kappa shape index (κ2) is 3.42. The summed E-state index contributed by atoms with van der Waals surface area (Å²) in [4.78, 5) is -2.53. The number of ether oxygens (including phenoxy) is 1. The maximum absolute atomic E-state index is 10.5. The number of alkyl halides is 4. The molecule has 1 N–H and O–H groups in total. The van der Waals surface area contributed by atoms with Crippen LogP contribution in [0.25, 0.3) is 0 Å². The molecule has 0 aromatic rings. The van der Waals surface area contributed by atoms with Gasteiger partial charge in [-0.3, -0.25) is 0 Å². The van der Waals surface area contributed by atoms with Gasteiger partial charge < -0.3 is 9.84 Å². The van der Waals surface area contributed by atoms with Gasteiger partial charge in [0, 0.05) is 11.8 Å². The molecule has 0 aromatic heterocycles. The van der Waals surface area contributed by atoms with Crippen LogP contribution in [0.5, 0.6) is 0 Å². The van der Waals surface area contributed by atoms with Gasteiger partial charge in [-0.05, 0) is 11.8 Å². The summed E-state index contributed by atoms with van der Waals surface area (Å²) in [6.07, 6.45) is -0.487. The summed E-state index contributed by atoms with van der Waals surface area (Å²) in [7, 11) is 0. The first-order valence-corrected chi connectivity index (χ1v) is 8.63. The Morgan fingerprint density at radius 3 is 1.65 bits per heavy atom. The first-order chi connectivity index (χ1) is 9.20. The number of halogens is 6. The topological polar surface area (TPSA) is 32.8 Å². The zero-order chi connectivity index (χ0) is 14.4. The summed E-state index contributed by atoms with van der Waals surface area (Å²) in [5.74, 6) is -0.724. The van der Waals surface area contributed by atoms with E-state index < -0.39 is 20.2 Å². The van der Waals surface area contributed by atoms with Crippen LogP contribution in [-0.4, -0.2) is 37.5 Å². The van der Waals surface area contributed by atoms with Crippen molar-refractivity contribution >= 4 is 69.6 Å². The first kappa shape index (κ1) is 13.8. The highest BCUT2D eigenvalue weighted by atomic mass is 35.5. The second-order valence-corrected chi connectivity index (χ2v) is 9.66. The van der Waals surface area contributed by atoms with Crippen LogP contribution in [0.2, 0.25) is 0 Å². The van der Waals surface area contributed by atoms with Gasteiger partial charge in [-0.15, -0.1) is 23.2 Å². The molecule has 20 heavy (non-hydrogen) atoms. The van der Waals surface area contributed by atoms with Crippen LogP contribution in [0, 0.1) is 23.7 Å². The molecule has 110 valence electrons. The van der Waals surface area contributed by atoms with E-state index in [-0.39, 0.29) is 45.9 Å². The molecule has 8 heteroatoms. The molecule has 5 rings (SSSR count). The Bertz CT molecular complexity index is 546. The average molecular weight is 397 g/mol. The van der Waals surface area contributed by atoms with Crippen LogP contribution >= 0.6 is 69.6 Å². The number of aliphatic hydroxyl groups is 1. The molecule has 1 saturated heterocycles.